The van der Waals surface area contributed by atoms with E-state index in [1.807, 2.05) is 0 Å². The van der Waals surface area contributed by atoms with Crippen LogP contribution < -0.4 is 0 Å². The second kappa shape index (κ2) is 5.36. The van der Waals surface area contributed by atoms with Crippen LogP contribution in [0, 0.1) is 5.92 Å². The molecule has 17 heavy (non-hydrogen) atoms. The van der Waals surface area contributed by atoms with Gasteiger partial charge in [-0.2, -0.15) is 0 Å². The Kier molecular flexibility index (Phi) is 3.84. The van der Waals surface area contributed by atoms with E-state index in [9.17, 15) is 4.79 Å². The highest BCUT2D eigenvalue weighted by atomic mass is 16.5. The topological polar surface area (TPSA) is 42.7 Å². The maximum atomic E-state index is 11.5. The zero-order valence-corrected chi connectivity index (χ0v) is 10.4. The van der Waals surface area contributed by atoms with Crippen molar-refractivity contribution in [3.63, 3.8) is 0 Å². The first-order chi connectivity index (χ1) is 8.20. The van der Waals surface area contributed by atoms with Crippen molar-refractivity contribution in [3.8, 4) is 0 Å². The Bertz CT molecular complexity index is 378. The van der Waals surface area contributed by atoms with Crippen molar-refractivity contribution >= 4 is 5.97 Å². The van der Waals surface area contributed by atoms with Gasteiger partial charge in [-0.3, -0.25) is 4.90 Å². The highest BCUT2D eigenvalue weighted by Crippen LogP contribution is 2.20. The van der Waals surface area contributed by atoms with Crippen molar-refractivity contribution in [2.24, 2.45) is 5.92 Å². The van der Waals surface area contributed by atoms with Crippen LogP contribution in [0.4, 0.5) is 0 Å². The van der Waals surface area contributed by atoms with Crippen LogP contribution in [0.1, 0.15) is 35.9 Å². The Morgan fingerprint density at radius 2 is 2.24 bits per heavy atom. The fraction of sp³-hybridized carbons (Fsp3) is 0.615. The summed E-state index contributed by atoms with van der Waals surface area (Å²) in [5.41, 5.74) is 0.547. The van der Waals surface area contributed by atoms with Gasteiger partial charge in [-0.15, -0.1) is 0 Å². The highest BCUT2D eigenvalue weighted by molar-refractivity contribution is 5.90. The summed E-state index contributed by atoms with van der Waals surface area (Å²) >= 11 is 0. The second-order valence-corrected chi connectivity index (χ2v) is 4.71. The molecule has 1 saturated heterocycles. The molecule has 0 aromatic carbocycles. The van der Waals surface area contributed by atoms with Crippen molar-refractivity contribution in [3.05, 3.63) is 23.7 Å². The summed E-state index contributed by atoms with van der Waals surface area (Å²) in [6.07, 6.45) is 3.98. The van der Waals surface area contributed by atoms with Crippen LogP contribution in [0.5, 0.6) is 0 Å². The molecule has 0 bridgehead atoms. The van der Waals surface area contributed by atoms with Crippen molar-refractivity contribution in [1.29, 1.82) is 0 Å². The summed E-state index contributed by atoms with van der Waals surface area (Å²) in [5.74, 6) is 1.20. The van der Waals surface area contributed by atoms with Crippen molar-refractivity contribution in [1.82, 2.24) is 4.90 Å². The zero-order valence-electron chi connectivity index (χ0n) is 10.4. The third-order valence-electron chi connectivity index (χ3n) is 3.39. The number of nitrogens with zero attached hydrogens (tertiary/aromatic N) is 1. The summed E-state index contributed by atoms with van der Waals surface area (Å²) < 4.78 is 10.1. The molecule has 0 aliphatic carbocycles. The molecule has 1 aromatic heterocycles. The molecule has 1 aliphatic heterocycles. The third kappa shape index (κ3) is 2.88. The van der Waals surface area contributed by atoms with E-state index in [1.165, 1.54) is 20.0 Å². The third-order valence-corrected chi connectivity index (χ3v) is 3.39. The number of furan rings is 1. The molecule has 0 radical (unpaired) electrons. The Morgan fingerprint density at radius 1 is 1.53 bits per heavy atom. The molecule has 0 N–H and O–H groups in total. The van der Waals surface area contributed by atoms with E-state index >= 15 is 0 Å². The van der Waals surface area contributed by atoms with Gasteiger partial charge in [0.25, 0.3) is 0 Å². The first kappa shape index (κ1) is 12.2. The summed E-state index contributed by atoms with van der Waals surface area (Å²) in [6, 6.07) is 1.67. The monoisotopic (exact) mass is 237 g/mol. The quantitative estimate of drug-likeness (QED) is 0.756. The molecule has 4 nitrogen and oxygen atoms in total. The van der Waals surface area contributed by atoms with Gasteiger partial charge in [-0.05, 0) is 37.9 Å². The first-order valence-corrected chi connectivity index (χ1v) is 6.07. The van der Waals surface area contributed by atoms with Gasteiger partial charge in [-0.1, -0.05) is 6.92 Å². The standard InChI is InChI=1S/C13H19NO3/c1-10-3-6-14(7-4-10)9-12-11(5-8-17-12)13(15)16-2/h5,8,10H,3-4,6-7,9H2,1-2H3. The predicted molar refractivity (Wildman–Crippen MR) is 63.7 cm³/mol. The van der Waals surface area contributed by atoms with E-state index in [0.29, 0.717) is 17.9 Å². The highest BCUT2D eigenvalue weighted by Gasteiger charge is 2.20. The molecule has 0 saturated carbocycles. The number of ether oxygens (including phenoxy) is 1. The van der Waals surface area contributed by atoms with E-state index in [-0.39, 0.29) is 5.97 Å². The zero-order chi connectivity index (χ0) is 12.3. The van der Waals surface area contributed by atoms with Crippen molar-refractivity contribution in [2.45, 2.75) is 26.3 Å². The lowest BCUT2D eigenvalue weighted by atomic mass is 9.99. The number of hydrogen-bond acceptors (Lipinski definition) is 4. The van der Waals surface area contributed by atoms with Crippen LogP contribution in [-0.2, 0) is 11.3 Å². The Labute approximate surface area is 102 Å². The average Bonchev–Trinajstić information content (AvgIpc) is 2.79. The lowest BCUT2D eigenvalue weighted by Gasteiger charge is -2.29. The summed E-state index contributed by atoms with van der Waals surface area (Å²) in [5, 5.41) is 0. The number of methoxy groups -OCH3 is 1. The van der Waals surface area contributed by atoms with Gasteiger partial charge < -0.3 is 9.15 Å². The van der Waals surface area contributed by atoms with Gasteiger partial charge in [0.05, 0.1) is 19.9 Å². The molecule has 4 heteroatoms. The van der Waals surface area contributed by atoms with Gasteiger partial charge in [0.15, 0.2) is 0 Å². The van der Waals surface area contributed by atoms with Crippen LogP contribution in [0.3, 0.4) is 0 Å². The van der Waals surface area contributed by atoms with E-state index in [0.717, 1.165) is 19.0 Å². The Hall–Kier alpha value is -1.29. The molecule has 94 valence electrons. The smallest absolute Gasteiger partial charge is 0.341 e. The molecule has 2 rings (SSSR count). The van der Waals surface area contributed by atoms with Crippen LogP contribution in [-0.4, -0.2) is 31.1 Å². The normalized spacial score (nSPS) is 18.2. The minimum Gasteiger partial charge on any atom is -0.467 e. The fourth-order valence-corrected chi connectivity index (χ4v) is 2.18. The summed E-state index contributed by atoms with van der Waals surface area (Å²) in [4.78, 5) is 13.8. The Morgan fingerprint density at radius 3 is 2.88 bits per heavy atom. The lowest BCUT2D eigenvalue weighted by Crippen LogP contribution is -2.32. The lowest BCUT2D eigenvalue weighted by molar-refractivity contribution is 0.0595. The number of piperidine rings is 1. The van der Waals surface area contributed by atoms with Gasteiger partial charge in [0, 0.05) is 0 Å². The maximum absolute atomic E-state index is 11.5. The van der Waals surface area contributed by atoms with E-state index in [1.54, 1.807) is 12.3 Å². The van der Waals surface area contributed by atoms with Gasteiger partial charge >= 0.3 is 5.97 Å². The SMILES string of the molecule is COC(=O)c1ccoc1CN1CCC(C)CC1. The number of esters is 1. The fourth-order valence-electron chi connectivity index (χ4n) is 2.18. The largest absolute Gasteiger partial charge is 0.467 e. The number of hydrogen-bond donors (Lipinski definition) is 0. The Balaban J connectivity index is 1.99. The summed E-state index contributed by atoms with van der Waals surface area (Å²) in [6.45, 7) is 5.12. The molecule has 1 aliphatic rings. The molecular formula is C13H19NO3. The average molecular weight is 237 g/mol. The number of likely N-dealkylation sites (tertiary alicyclic amines) is 1. The van der Waals surface area contributed by atoms with E-state index < -0.39 is 0 Å². The van der Waals surface area contributed by atoms with Gasteiger partial charge in [0.1, 0.15) is 11.3 Å². The predicted octanol–water partition coefficient (Wildman–Crippen LogP) is 2.30. The minimum atomic E-state index is -0.320. The molecule has 1 fully saturated rings. The first-order valence-electron chi connectivity index (χ1n) is 6.07. The molecule has 2 heterocycles. The van der Waals surface area contributed by atoms with Crippen molar-refractivity contribution < 1.29 is 13.9 Å². The van der Waals surface area contributed by atoms with E-state index in [2.05, 4.69) is 11.8 Å². The van der Waals surface area contributed by atoms with Crippen LogP contribution in [0.15, 0.2) is 16.7 Å². The van der Waals surface area contributed by atoms with Crippen LogP contribution in [0.2, 0.25) is 0 Å². The maximum Gasteiger partial charge on any atom is 0.341 e. The molecule has 1 aromatic rings. The van der Waals surface area contributed by atoms with Crippen molar-refractivity contribution in [2.75, 3.05) is 20.2 Å². The van der Waals surface area contributed by atoms with Gasteiger partial charge in [0.2, 0.25) is 0 Å². The molecule has 0 spiro atoms. The van der Waals surface area contributed by atoms with Crippen LogP contribution >= 0.6 is 0 Å². The molecule has 0 atom stereocenters. The molecular weight excluding hydrogens is 218 g/mol. The number of carbonyl (C=O) groups is 1. The minimum absolute atomic E-state index is 0.320. The number of carbonyl (C=O) groups excluding carboxylic acids is 1. The summed E-state index contributed by atoms with van der Waals surface area (Å²) in [7, 11) is 1.39. The second-order valence-electron chi connectivity index (χ2n) is 4.71. The molecule has 0 unspecified atom stereocenters. The van der Waals surface area contributed by atoms with Crippen LogP contribution in [0.25, 0.3) is 0 Å². The molecule has 0 amide bonds. The number of rotatable bonds is 3. The van der Waals surface area contributed by atoms with E-state index in [4.69, 9.17) is 9.15 Å². The van der Waals surface area contributed by atoms with Gasteiger partial charge in [-0.25, -0.2) is 4.79 Å².